The van der Waals surface area contributed by atoms with Crippen molar-refractivity contribution in [1.82, 2.24) is 0 Å². The summed E-state index contributed by atoms with van der Waals surface area (Å²) in [6.07, 6.45) is 5.30. The highest BCUT2D eigenvalue weighted by atomic mass is 31.2. The van der Waals surface area contributed by atoms with Crippen molar-refractivity contribution in [2.45, 2.75) is 40.0 Å². The molecule has 0 heterocycles. The fourth-order valence-corrected chi connectivity index (χ4v) is 3.22. The molecule has 1 saturated carbocycles. The van der Waals surface area contributed by atoms with Gasteiger partial charge in [-0.3, -0.25) is 4.57 Å². The van der Waals surface area contributed by atoms with Crippen LogP contribution in [0.2, 0.25) is 0 Å². The molecule has 1 aliphatic carbocycles. The van der Waals surface area contributed by atoms with Crippen molar-refractivity contribution in [2.75, 3.05) is 6.16 Å². The summed E-state index contributed by atoms with van der Waals surface area (Å²) in [5.74, 6) is 0.226. The van der Waals surface area contributed by atoms with E-state index in [1.54, 1.807) is 0 Å². The molecular formula is C11H24O7P2. The van der Waals surface area contributed by atoms with Crippen molar-refractivity contribution < 1.29 is 33.6 Å². The molecule has 9 heteroatoms. The Labute approximate surface area is 119 Å². The third-order valence-corrected chi connectivity index (χ3v) is 4.18. The van der Waals surface area contributed by atoms with E-state index >= 15 is 0 Å². The number of allylic oxidation sites excluding steroid dienone is 2. The quantitative estimate of drug-likeness (QED) is 0.384. The highest BCUT2D eigenvalue weighted by Gasteiger charge is 2.51. The lowest BCUT2D eigenvalue weighted by Crippen LogP contribution is -2.01. The summed E-state index contributed by atoms with van der Waals surface area (Å²) < 4.78 is 19.7. The molecule has 0 bridgehead atoms. The first-order valence-corrected chi connectivity index (χ1v) is 9.55. The van der Waals surface area contributed by atoms with Crippen LogP contribution in [0.15, 0.2) is 11.6 Å². The summed E-state index contributed by atoms with van der Waals surface area (Å²) >= 11 is 0. The van der Waals surface area contributed by atoms with Crippen LogP contribution in [0.4, 0.5) is 0 Å². The Hall–Kier alpha value is -0.0000000000000000694. The monoisotopic (exact) mass is 330 g/mol. The minimum Gasteiger partial charge on any atom is -0.324 e. The van der Waals surface area contributed by atoms with Gasteiger partial charge in [0.15, 0.2) is 0 Å². The molecular weight excluding hydrogens is 306 g/mol. The van der Waals surface area contributed by atoms with Gasteiger partial charge in [0.2, 0.25) is 0 Å². The van der Waals surface area contributed by atoms with Crippen molar-refractivity contribution in [3.63, 3.8) is 0 Å². The number of hydrogen-bond acceptors (Lipinski definition) is 2. The van der Waals surface area contributed by atoms with E-state index in [4.69, 9.17) is 29.0 Å². The van der Waals surface area contributed by atoms with E-state index in [-0.39, 0.29) is 17.5 Å². The lowest BCUT2D eigenvalue weighted by Gasteiger charge is -2.10. The van der Waals surface area contributed by atoms with Gasteiger partial charge < -0.3 is 24.5 Å². The fraction of sp³-hybridized carbons (Fsp3) is 0.818. The second-order valence-corrected chi connectivity index (χ2v) is 8.46. The topological polar surface area (TPSA) is 135 Å². The number of hydrogen-bond donors (Lipinski definition) is 5. The molecule has 2 atom stereocenters. The second kappa shape index (κ2) is 7.32. The van der Waals surface area contributed by atoms with Gasteiger partial charge in [0.1, 0.15) is 0 Å². The average molecular weight is 330 g/mol. The number of rotatable bonds is 5. The standard InChI is InChI=1S/C11H21O3P.H3O4P/c1-9(2)5-4-6-11(3)7-10(11)8-15(12,13)14;1-5(2,3)4/h5,10H,4,6-8H2,1-3H3,(H2,12,13,14);(H3,1,2,3,4). The van der Waals surface area contributed by atoms with Gasteiger partial charge in [-0.05, 0) is 44.4 Å². The Bertz CT molecular complexity index is 424. The maximum absolute atomic E-state index is 10.8. The molecule has 1 aliphatic rings. The minimum atomic E-state index is -4.64. The zero-order valence-electron chi connectivity index (χ0n) is 11.9. The molecule has 20 heavy (non-hydrogen) atoms. The predicted molar refractivity (Wildman–Crippen MR) is 76.1 cm³/mol. The molecule has 2 unspecified atom stereocenters. The predicted octanol–water partition coefficient (Wildman–Crippen LogP) is 2.01. The molecule has 5 N–H and O–H groups in total. The maximum atomic E-state index is 10.8. The third-order valence-electron chi connectivity index (χ3n) is 3.26. The zero-order valence-corrected chi connectivity index (χ0v) is 13.7. The fourth-order valence-electron chi connectivity index (χ4n) is 2.07. The van der Waals surface area contributed by atoms with Gasteiger partial charge in [0.25, 0.3) is 0 Å². The molecule has 1 rings (SSSR count). The van der Waals surface area contributed by atoms with Crippen LogP contribution in [0.3, 0.4) is 0 Å². The molecule has 0 amide bonds. The van der Waals surface area contributed by atoms with E-state index in [0.717, 1.165) is 19.3 Å². The van der Waals surface area contributed by atoms with Crippen LogP contribution in [0, 0.1) is 11.3 Å². The van der Waals surface area contributed by atoms with Crippen LogP contribution >= 0.6 is 15.4 Å². The van der Waals surface area contributed by atoms with Gasteiger partial charge in [-0.1, -0.05) is 18.6 Å². The van der Waals surface area contributed by atoms with Crippen LogP contribution < -0.4 is 0 Å². The van der Waals surface area contributed by atoms with Crippen molar-refractivity contribution in [2.24, 2.45) is 11.3 Å². The average Bonchev–Trinajstić information content (AvgIpc) is 2.68. The molecule has 0 aromatic rings. The Morgan fingerprint density at radius 2 is 1.65 bits per heavy atom. The second-order valence-electron chi connectivity index (χ2n) is 5.74. The lowest BCUT2D eigenvalue weighted by atomic mass is 9.99. The van der Waals surface area contributed by atoms with Crippen LogP contribution in [-0.2, 0) is 9.13 Å². The maximum Gasteiger partial charge on any atom is 0.466 e. The van der Waals surface area contributed by atoms with Gasteiger partial charge in [0, 0.05) is 0 Å². The highest BCUT2D eigenvalue weighted by molar-refractivity contribution is 7.51. The molecule has 0 radical (unpaired) electrons. The largest absolute Gasteiger partial charge is 0.466 e. The summed E-state index contributed by atoms with van der Waals surface area (Å²) in [4.78, 5) is 39.3. The molecule has 0 spiro atoms. The lowest BCUT2D eigenvalue weighted by molar-refractivity contribution is 0.275. The molecule has 0 aromatic heterocycles. The summed E-state index contributed by atoms with van der Waals surface area (Å²) in [6.45, 7) is 6.27. The first-order valence-electron chi connectivity index (χ1n) is 6.19. The minimum absolute atomic E-state index is 0.0678. The Morgan fingerprint density at radius 1 is 1.20 bits per heavy atom. The summed E-state index contributed by atoms with van der Waals surface area (Å²) in [5, 5.41) is 0. The first kappa shape index (κ1) is 20.0. The molecule has 0 aromatic carbocycles. The van der Waals surface area contributed by atoms with E-state index in [1.165, 1.54) is 5.57 Å². The van der Waals surface area contributed by atoms with Crippen molar-refractivity contribution in [3.8, 4) is 0 Å². The summed E-state index contributed by atoms with van der Waals surface area (Å²) in [6, 6.07) is 0. The van der Waals surface area contributed by atoms with Gasteiger partial charge in [-0.2, -0.15) is 0 Å². The van der Waals surface area contributed by atoms with Gasteiger partial charge in [0.05, 0.1) is 6.16 Å². The van der Waals surface area contributed by atoms with E-state index < -0.39 is 15.4 Å². The Balaban J connectivity index is 0.000000621. The molecule has 0 saturated heterocycles. The Kier molecular flexibility index (Phi) is 7.32. The van der Waals surface area contributed by atoms with E-state index in [9.17, 15) is 4.57 Å². The van der Waals surface area contributed by atoms with Crippen molar-refractivity contribution in [3.05, 3.63) is 11.6 Å². The van der Waals surface area contributed by atoms with Gasteiger partial charge in [-0.15, -0.1) is 0 Å². The van der Waals surface area contributed by atoms with Gasteiger partial charge in [-0.25, -0.2) is 4.57 Å². The third kappa shape index (κ3) is 11.8. The molecule has 7 nitrogen and oxygen atoms in total. The van der Waals surface area contributed by atoms with E-state index in [1.807, 2.05) is 0 Å². The van der Waals surface area contributed by atoms with Crippen LogP contribution in [0.25, 0.3) is 0 Å². The van der Waals surface area contributed by atoms with Gasteiger partial charge >= 0.3 is 15.4 Å². The SMILES string of the molecule is CC(C)=CCCC1(C)CC1CP(=O)(O)O.O=P(O)(O)O. The van der Waals surface area contributed by atoms with Crippen LogP contribution in [0.1, 0.15) is 40.0 Å². The van der Waals surface area contributed by atoms with Crippen LogP contribution in [-0.4, -0.2) is 30.6 Å². The van der Waals surface area contributed by atoms with E-state index in [0.29, 0.717) is 0 Å². The molecule has 1 fully saturated rings. The zero-order chi connectivity index (χ0) is 16.2. The first-order chi connectivity index (χ1) is 8.73. The molecule has 0 aliphatic heterocycles. The normalized spacial score (nSPS) is 25.5. The number of phosphoric acid groups is 1. The smallest absolute Gasteiger partial charge is 0.324 e. The van der Waals surface area contributed by atoms with Crippen LogP contribution in [0.5, 0.6) is 0 Å². The van der Waals surface area contributed by atoms with Crippen molar-refractivity contribution >= 4 is 15.4 Å². The molecule has 120 valence electrons. The van der Waals surface area contributed by atoms with Crippen molar-refractivity contribution in [1.29, 1.82) is 0 Å². The summed E-state index contributed by atoms with van der Waals surface area (Å²) in [7, 11) is -8.44. The van der Waals surface area contributed by atoms with E-state index in [2.05, 4.69) is 26.8 Å². The Morgan fingerprint density at radius 3 is 2.00 bits per heavy atom. The highest BCUT2D eigenvalue weighted by Crippen LogP contribution is 2.60. The summed E-state index contributed by atoms with van der Waals surface area (Å²) in [5.41, 5.74) is 1.48.